The summed E-state index contributed by atoms with van der Waals surface area (Å²) in [6.45, 7) is 2.90. The number of ether oxygens (including phenoxy) is 1. The molecule has 29 heavy (non-hydrogen) atoms. The summed E-state index contributed by atoms with van der Waals surface area (Å²) in [5, 5.41) is 5.56. The number of fused-ring (bicyclic) bond motifs is 1. The zero-order valence-electron chi connectivity index (χ0n) is 16.1. The Hall–Kier alpha value is -3.42. The van der Waals surface area contributed by atoms with Crippen LogP contribution in [0.15, 0.2) is 36.5 Å². The molecular formula is C21H22N4O4. The number of rotatable bonds is 3. The van der Waals surface area contributed by atoms with Gasteiger partial charge < -0.3 is 20.3 Å². The molecule has 1 saturated heterocycles. The average molecular weight is 394 g/mol. The second-order valence-electron chi connectivity index (χ2n) is 7.32. The Morgan fingerprint density at radius 2 is 2.00 bits per heavy atom. The maximum Gasteiger partial charge on any atom is 0.262 e. The SMILES string of the molecule is Cc1ccc(NC(=O)C2CCN(C(=O)c3ccc4c(c3)OCC(=O)N4)CC2)nc1. The van der Waals surface area contributed by atoms with E-state index in [1.807, 2.05) is 13.0 Å². The van der Waals surface area contributed by atoms with Crippen molar-refractivity contribution in [2.75, 3.05) is 30.3 Å². The minimum atomic E-state index is -0.210. The van der Waals surface area contributed by atoms with Gasteiger partial charge in [0.05, 0.1) is 5.69 Å². The minimum absolute atomic E-state index is 0.0546. The highest BCUT2D eigenvalue weighted by Gasteiger charge is 2.28. The molecule has 2 aliphatic heterocycles. The van der Waals surface area contributed by atoms with Crippen LogP contribution in [0.2, 0.25) is 0 Å². The number of carbonyl (C=O) groups is 3. The Kier molecular flexibility index (Phi) is 5.16. The van der Waals surface area contributed by atoms with E-state index in [2.05, 4.69) is 15.6 Å². The van der Waals surface area contributed by atoms with Crippen LogP contribution in [0.3, 0.4) is 0 Å². The summed E-state index contributed by atoms with van der Waals surface area (Å²) >= 11 is 0. The molecule has 1 fully saturated rings. The zero-order valence-corrected chi connectivity index (χ0v) is 16.1. The quantitative estimate of drug-likeness (QED) is 0.831. The number of carbonyl (C=O) groups excluding carboxylic acids is 3. The first-order valence-electron chi connectivity index (χ1n) is 9.59. The number of hydrogen-bond acceptors (Lipinski definition) is 5. The predicted molar refractivity (Wildman–Crippen MR) is 107 cm³/mol. The number of likely N-dealkylation sites (tertiary alicyclic amines) is 1. The molecule has 1 aromatic carbocycles. The molecular weight excluding hydrogens is 372 g/mol. The van der Waals surface area contributed by atoms with E-state index in [1.165, 1.54) is 0 Å². The number of benzene rings is 1. The molecule has 0 saturated carbocycles. The van der Waals surface area contributed by atoms with Gasteiger partial charge in [-0.05, 0) is 49.6 Å². The Morgan fingerprint density at radius 3 is 2.72 bits per heavy atom. The Labute approximate surface area is 168 Å². The van der Waals surface area contributed by atoms with Crippen molar-refractivity contribution in [3.63, 3.8) is 0 Å². The number of aryl methyl sites for hydroxylation is 1. The highest BCUT2D eigenvalue weighted by atomic mass is 16.5. The van der Waals surface area contributed by atoms with Crippen molar-refractivity contribution < 1.29 is 19.1 Å². The van der Waals surface area contributed by atoms with Crippen LogP contribution < -0.4 is 15.4 Å². The zero-order chi connectivity index (χ0) is 20.4. The summed E-state index contributed by atoms with van der Waals surface area (Å²) in [6.07, 6.45) is 2.91. The van der Waals surface area contributed by atoms with E-state index >= 15 is 0 Å². The Balaban J connectivity index is 1.34. The van der Waals surface area contributed by atoms with E-state index in [-0.39, 0.29) is 30.2 Å². The van der Waals surface area contributed by atoms with Gasteiger partial charge in [0.1, 0.15) is 11.6 Å². The van der Waals surface area contributed by atoms with Gasteiger partial charge in [0.15, 0.2) is 6.61 Å². The van der Waals surface area contributed by atoms with Gasteiger partial charge in [-0.2, -0.15) is 0 Å². The summed E-state index contributed by atoms with van der Waals surface area (Å²) in [4.78, 5) is 42.6. The van der Waals surface area contributed by atoms with Crippen LogP contribution in [0, 0.1) is 12.8 Å². The van der Waals surface area contributed by atoms with Gasteiger partial charge in [0.2, 0.25) is 5.91 Å². The van der Waals surface area contributed by atoms with Crippen molar-refractivity contribution in [2.45, 2.75) is 19.8 Å². The van der Waals surface area contributed by atoms with E-state index < -0.39 is 0 Å². The second kappa shape index (κ2) is 7.90. The molecule has 8 heteroatoms. The first kappa shape index (κ1) is 18.9. The number of piperidine rings is 1. The molecule has 2 aliphatic rings. The van der Waals surface area contributed by atoms with Crippen LogP contribution in [-0.4, -0.2) is 47.3 Å². The smallest absolute Gasteiger partial charge is 0.262 e. The molecule has 0 bridgehead atoms. The monoisotopic (exact) mass is 394 g/mol. The fraction of sp³-hybridized carbons (Fsp3) is 0.333. The number of hydrogen-bond donors (Lipinski definition) is 2. The number of anilines is 2. The number of nitrogens with zero attached hydrogens (tertiary/aromatic N) is 2. The van der Waals surface area contributed by atoms with Gasteiger partial charge in [0, 0.05) is 30.8 Å². The van der Waals surface area contributed by atoms with E-state index in [0.717, 1.165) is 5.56 Å². The lowest BCUT2D eigenvalue weighted by Crippen LogP contribution is -2.41. The molecule has 2 aromatic rings. The van der Waals surface area contributed by atoms with E-state index in [0.29, 0.717) is 48.7 Å². The van der Waals surface area contributed by atoms with Crippen molar-refractivity contribution in [3.8, 4) is 5.75 Å². The maximum absolute atomic E-state index is 12.8. The molecule has 0 atom stereocenters. The summed E-state index contributed by atoms with van der Waals surface area (Å²) < 4.78 is 5.38. The third kappa shape index (κ3) is 4.21. The topological polar surface area (TPSA) is 101 Å². The summed E-state index contributed by atoms with van der Waals surface area (Å²) in [5.74, 6) is 0.510. The van der Waals surface area contributed by atoms with Crippen molar-refractivity contribution in [1.82, 2.24) is 9.88 Å². The molecule has 8 nitrogen and oxygen atoms in total. The average Bonchev–Trinajstić information content (AvgIpc) is 2.74. The number of amides is 3. The molecule has 0 unspecified atom stereocenters. The van der Waals surface area contributed by atoms with Gasteiger partial charge in [0.25, 0.3) is 11.8 Å². The Bertz CT molecular complexity index is 950. The van der Waals surface area contributed by atoms with Crippen LogP contribution in [0.4, 0.5) is 11.5 Å². The van der Waals surface area contributed by atoms with Crippen LogP contribution >= 0.6 is 0 Å². The van der Waals surface area contributed by atoms with E-state index in [1.54, 1.807) is 35.4 Å². The standard InChI is InChI=1S/C21H22N4O4/c1-13-2-5-18(22-11-13)24-20(27)14-6-8-25(9-7-14)21(28)15-3-4-16-17(10-15)29-12-19(26)23-16/h2-5,10-11,14H,6-9,12H2,1H3,(H,23,26)(H,22,24,27). The lowest BCUT2D eigenvalue weighted by molar-refractivity contribution is -0.121. The molecule has 2 N–H and O–H groups in total. The van der Waals surface area contributed by atoms with Crippen LogP contribution in [0.25, 0.3) is 0 Å². The molecule has 150 valence electrons. The number of aromatic nitrogens is 1. The van der Waals surface area contributed by atoms with E-state index in [4.69, 9.17) is 4.74 Å². The lowest BCUT2D eigenvalue weighted by atomic mass is 9.95. The van der Waals surface area contributed by atoms with Gasteiger partial charge >= 0.3 is 0 Å². The van der Waals surface area contributed by atoms with Gasteiger partial charge in [-0.1, -0.05) is 6.07 Å². The van der Waals surface area contributed by atoms with Crippen molar-refractivity contribution in [1.29, 1.82) is 0 Å². The van der Waals surface area contributed by atoms with Crippen molar-refractivity contribution in [2.24, 2.45) is 5.92 Å². The molecule has 3 amide bonds. The molecule has 3 heterocycles. The molecule has 4 rings (SSSR count). The molecule has 0 radical (unpaired) electrons. The number of pyridine rings is 1. The van der Waals surface area contributed by atoms with Gasteiger partial charge in [-0.3, -0.25) is 14.4 Å². The van der Waals surface area contributed by atoms with E-state index in [9.17, 15) is 14.4 Å². The predicted octanol–water partition coefficient (Wildman–Crippen LogP) is 2.21. The first-order chi connectivity index (χ1) is 14.0. The summed E-state index contributed by atoms with van der Waals surface area (Å²) in [6, 6.07) is 8.69. The molecule has 1 aromatic heterocycles. The largest absolute Gasteiger partial charge is 0.482 e. The maximum atomic E-state index is 12.8. The highest BCUT2D eigenvalue weighted by molar-refractivity contribution is 5.99. The first-order valence-corrected chi connectivity index (χ1v) is 9.59. The molecule has 0 aliphatic carbocycles. The Morgan fingerprint density at radius 1 is 1.21 bits per heavy atom. The van der Waals surface area contributed by atoms with Crippen molar-refractivity contribution in [3.05, 3.63) is 47.7 Å². The van der Waals surface area contributed by atoms with Crippen LogP contribution in [0.1, 0.15) is 28.8 Å². The number of nitrogens with one attached hydrogen (secondary N) is 2. The van der Waals surface area contributed by atoms with Crippen LogP contribution in [-0.2, 0) is 9.59 Å². The van der Waals surface area contributed by atoms with Gasteiger partial charge in [-0.25, -0.2) is 4.98 Å². The van der Waals surface area contributed by atoms with Crippen molar-refractivity contribution >= 4 is 29.2 Å². The van der Waals surface area contributed by atoms with Crippen LogP contribution in [0.5, 0.6) is 5.75 Å². The molecule has 0 spiro atoms. The lowest BCUT2D eigenvalue weighted by Gasteiger charge is -2.31. The second-order valence-corrected chi connectivity index (χ2v) is 7.32. The fourth-order valence-electron chi connectivity index (χ4n) is 3.51. The summed E-state index contributed by atoms with van der Waals surface area (Å²) in [5.41, 5.74) is 2.11. The normalized spacial score (nSPS) is 16.4. The fourth-order valence-corrected chi connectivity index (χ4v) is 3.51. The minimum Gasteiger partial charge on any atom is -0.482 e. The van der Waals surface area contributed by atoms with Gasteiger partial charge in [-0.15, -0.1) is 0 Å². The third-order valence-electron chi connectivity index (χ3n) is 5.18. The third-order valence-corrected chi connectivity index (χ3v) is 5.18. The highest BCUT2D eigenvalue weighted by Crippen LogP contribution is 2.29. The summed E-state index contributed by atoms with van der Waals surface area (Å²) in [7, 11) is 0.